The van der Waals surface area contributed by atoms with E-state index >= 15 is 0 Å². The molecule has 0 saturated heterocycles. The van der Waals surface area contributed by atoms with Crippen LogP contribution in [0.2, 0.25) is 10.0 Å². The molecule has 0 aliphatic carbocycles. The molecule has 10 nitrogen and oxygen atoms in total. The number of halogens is 2. The Morgan fingerprint density at radius 3 is 2.15 bits per heavy atom. The Labute approximate surface area is 292 Å². The maximum Gasteiger partial charge on any atom is 0.324 e. The Balaban J connectivity index is 1.41. The molecule has 0 radical (unpaired) electrons. The van der Waals surface area contributed by atoms with Crippen LogP contribution in [-0.4, -0.2) is 36.9 Å². The van der Waals surface area contributed by atoms with E-state index in [0.29, 0.717) is 22.9 Å². The summed E-state index contributed by atoms with van der Waals surface area (Å²) >= 11 is 12.6. The van der Waals surface area contributed by atoms with Crippen LogP contribution in [0.15, 0.2) is 59.7 Å². The van der Waals surface area contributed by atoms with E-state index < -0.39 is 18.0 Å². The van der Waals surface area contributed by atoms with Crippen molar-refractivity contribution in [1.82, 2.24) is 5.32 Å². The quantitative estimate of drug-likeness (QED) is 0.185. The number of hydrogen-bond donors (Lipinski definition) is 3. The highest BCUT2D eigenvalue weighted by Gasteiger charge is 2.31. The van der Waals surface area contributed by atoms with Crippen LogP contribution in [0.5, 0.6) is 11.5 Å². The van der Waals surface area contributed by atoms with Gasteiger partial charge in [0.05, 0.1) is 23.6 Å². The van der Waals surface area contributed by atoms with Crippen molar-refractivity contribution in [2.45, 2.75) is 84.7 Å². The zero-order valence-electron chi connectivity index (χ0n) is 28.6. The Kier molecular flexibility index (Phi) is 11.3. The molecule has 3 aromatic rings. The maximum absolute atomic E-state index is 13.2. The second-order valence-electron chi connectivity index (χ2n) is 13.0. The molecule has 1 aliphatic rings. The molecule has 0 spiro atoms. The topological polar surface area (TPSA) is 121 Å². The van der Waals surface area contributed by atoms with Gasteiger partial charge in [0.15, 0.2) is 6.10 Å². The zero-order chi connectivity index (χ0) is 35.4. The van der Waals surface area contributed by atoms with Gasteiger partial charge in [-0.1, -0.05) is 82.9 Å². The number of nitrogens with one attached hydrogen (secondary N) is 3. The summed E-state index contributed by atoms with van der Waals surface area (Å²) in [5.74, 6) is 0.438. The lowest BCUT2D eigenvalue weighted by molar-refractivity contribution is -0.122. The van der Waals surface area contributed by atoms with Crippen LogP contribution >= 0.6 is 23.2 Å². The molecule has 1 unspecified atom stereocenters. The van der Waals surface area contributed by atoms with Gasteiger partial charge in [-0.3, -0.25) is 14.9 Å². The third-order valence-corrected chi connectivity index (χ3v) is 9.37. The van der Waals surface area contributed by atoms with E-state index in [-0.39, 0.29) is 44.7 Å². The third kappa shape index (κ3) is 8.41. The SMILES string of the molecule is CCC(C)(C)c1ccc(OC(C)C(=O)Nc2cccc(NC(=O)NC3=NN(c4c(Cl)cc(OC)cc4Cl)C(=O)C3)c2)c(C(C)(C)CC)c1. The molecule has 0 bridgehead atoms. The van der Waals surface area contributed by atoms with Gasteiger partial charge in [-0.25, -0.2) is 4.79 Å². The fourth-order valence-electron chi connectivity index (χ4n) is 4.97. The van der Waals surface area contributed by atoms with E-state index in [4.69, 9.17) is 32.7 Å². The van der Waals surface area contributed by atoms with Gasteiger partial charge in [-0.05, 0) is 60.4 Å². The van der Waals surface area contributed by atoms with Gasteiger partial charge in [0.25, 0.3) is 11.8 Å². The molecule has 4 rings (SSSR count). The molecule has 3 aromatic carbocycles. The number of hydrazone groups is 1. The Hall–Kier alpha value is -4.28. The van der Waals surface area contributed by atoms with E-state index in [2.05, 4.69) is 74.7 Å². The minimum absolute atomic E-state index is 0.0121. The van der Waals surface area contributed by atoms with Crippen molar-refractivity contribution in [3.63, 3.8) is 0 Å². The fourth-order valence-corrected chi connectivity index (χ4v) is 5.60. The summed E-state index contributed by atoms with van der Waals surface area (Å²) in [4.78, 5) is 38.7. The van der Waals surface area contributed by atoms with Crippen molar-refractivity contribution >= 4 is 63.9 Å². The summed E-state index contributed by atoms with van der Waals surface area (Å²) in [5.41, 5.74) is 3.21. The van der Waals surface area contributed by atoms with E-state index in [1.165, 1.54) is 24.8 Å². The number of carbonyl (C=O) groups excluding carboxylic acids is 3. The summed E-state index contributed by atoms with van der Waals surface area (Å²) < 4.78 is 11.4. The predicted molar refractivity (Wildman–Crippen MR) is 193 cm³/mol. The number of rotatable bonds is 11. The van der Waals surface area contributed by atoms with Crippen LogP contribution in [0.3, 0.4) is 0 Å². The molecule has 12 heteroatoms. The fraction of sp³-hybridized carbons (Fsp3) is 0.389. The number of benzene rings is 3. The summed E-state index contributed by atoms with van der Waals surface area (Å²) in [6, 6.07) is 15.3. The number of urea groups is 1. The maximum atomic E-state index is 13.2. The molecule has 1 heterocycles. The molecule has 3 N–H and O–H groups in total. The molecule has 4 amide bonds. The van der Waals surface area contributed by atoms with Crippen LogP contribution in [0, 0.1) is 0 Å². The van der Waals surface area contributed by atoms with Crippen molar-refractivity contribution in [3.8, 4) is 11.5 Å². The molecule has 48 heavy (non-hydrogen) atoms. The van der Waals surface area contributed by atoms with Gasteiger partial charge in [-0.15, -0.1) is 0 Å². The highest BCUT2D eigenvalue weighted by molar-refractivity contribution is 6.40. The van der Waals surface area contributed by atoms with Crippen molar-refractivity contribution in [1.29, 1.82) is 0 Å². The second kappa shape index (κ2) is 14.9. The third-order valence-electron chi connectivity index (χ3n) is 8.79. The van der Waals surface area contributed by atoms with Gasteiger partial charge in [0, 0.05) is 29.1 Å². The van der Waals surface area contributed by atoms with Gasteiger partial charge in [0.2, 0.25) is 0 Å². The van der Waals surface area contributed by atoms with E-state index in [9.17, 15) is 14.4 Å². The van der Waals surface area contributed by atoms with Crippen LogP contribution in [-0.2, 0) is 20.4 Å². The van der Waals surface area contributed by atoms with Gasteiger partial charge < -0.3 is 20.1 Å². The first-order valence-electron chi connectivity index (χ1n) is 15.8. The summed E-state index contributed by atoms with van der Waals surface area (Å²) in [5, 5.41) is 13.7. The number of methoxy groups -OCH3 is 1. The number of nitrogens with zero attached hydrogens (tertiary/aromatic N) is 2. The molecule has 0 saturated carbocycles. The molecule has 1 atom stereocenters. The van der Waals surface area contributed by atoms with E-state index in [1.807, 2.05) is 6.07 Å². The Morgan fingerprint density at radius 1 is 0.917 bits per heavy atom. The first-order chi connectivity index (χ1) is 22.6. The highest BCUT2D eigenvalue weighted by Crippen LogP contribution is 2.40. The lowest BCUT2D eigenvalue weighted by atomic mass is 9.76. The molecule has 0 fully saturated rings. The number of carbonyl (C=O) groups is 3. The molecule has 0 aromatic heterocycles. The van der Waals surface area contributed by atoms with Crippen LogP contribution in [0.1, 0.15) is 78.9 Å². The molecular weight excluding hydrogens is 653 g/mol. The molecule has 1 aliphatic heterocycles. The van der Waals surface area contributed by atoms with Gasteiger partial charge in [0.1, 0.15) is 23.0 Å². The van der Waals surface area contributed by atoms with Crippen LogP contribution in [0.25, 0.3) is 0 Å². The van der Waals surface area contributed by atoms with Crippen molar-refractivity contribution in [2.24, 2.45) is 5.10 Å². The van der Waals surface area contributed by atoms with Crippen molar-refractivity contribution in [3.05, 3.63) is 75.8 Å². The number of amidine groups is 1. The van der Waals surface area contributed by atoms with Gasteiger partial charge in [-0.2, -0.15) is 10.1 Å². The summed E-state index contributed by atoms with van der Waals surface area (Å²) in [6.07, 6.45) is 0.933. The Bertz CT molecular complexity index is 1720. The average molecular weight is 697 g/mol. The lowest BCUT2D eigenvalue weighted by Gasteiger charge is -2.31. The van der Waals surface area contributed by atoms with Crippen molar-refractivity contribution in [2.75, 3.05) is 22.8 Å². The predicted octanol–water partition coefficient (Wildman–Crippen LogP) is 8.66. The lowest BCUT2D eigenvalue weighted by Crippen LogP contribution is -2.34. The van der Waals surface area contributed by atoms with Crippen LogP contribution in [0.4, 0.5) is 21.9 Å². The monoisotopic (exact) mass is 695 g/mol. The number of amides is 4. The van der Waals surface area contributed by atoms with E-state index in [1.54, 1.807) is 31.2 Å². The first-order valence-corrected chi connectivity index (χ1v) is 16.6. The highest BCUT2D eigenvalue weighted by atomic mass is 35.5. The number of ether oxygens (including phenoxy) is 2. The second-order valence-corrected chi connectivity index (χ2v) is 13.8. The first kappa shape index (κ1) is 36.6. The summed E-state index contributed by atoms with van der Waals surface area (Å²) in [7, 11) is 1.47. The average Bonchev–Trinajstić information content (AvgIpc) is 3.39. The molecule has 256 valence electrons. The normalized spacial score (nSPS) is 13.9. The van der Waals surface area contributed by atoms with Crippen LogP contribution < -0.4 is 30.4 Å². The van der Waals surface area contributed by atoms with Crippen molar-refractivity contribution < 1.29 is 23.9 Å². The summed E-state index contributed by atoms with van der Waals surface area (Å²) in [6.45, 7) is 14.8. The minimum Gasteiger partial charge on any atom is -0.497 e. The standard InChI is InChI=1S/C36H43Cl2N5O5/c1-9-35(4,5)22-14-15-29(26(16-22)36(6,7)10-2)48-21(3)33(45)39-23-12-11-13-24(17-23)40-34(46)41-30-20-31(44)43(42-30)32-27(37)18-25(47-8)19-28(32)38/h11-19,21H,9-10,20H2,1-8H3,(H,39,45)(H2,40,41,42,46). The largest absolute Gasteiger partial charge is 0.497 e. The van der Waals surface area contributed by atoms with Gasteiger partial charge >= 0.3 is 6.03 Å². The Morgan fingerprint density at radius 2 is 1.54 bits per heavy atom. The number of anilines is 3. The smallest absolute Gasteiger partial charge is 0.324 e. The molecular formula is C36H43Cl2N5O5. The minimum atomic E-state index is -0.796. The zero-order valence-corrected chi connectivity index (χ0v) is 30.1. The number of hydrogen-bond acceptors (Lipinski definition) is 6. The van der Waals surface area contributed by atoms with E-state index in [0.717, 1.165) is 23.4 Å².